The second-order valence-corrected chi connectivity index (χ2v) is 13.7. The van der Waals surface area contributed by atoms with Gasteiger partial charge in [-0.05, 0) is 41.2 Å². The minimum Gasteiger partial charge on any atom is -0.507 e. The molecule has 2 unspecified atom stereocenters. The molecule has 2 fully saturated rings. The lowest BCUT2D eigenvalue weighted by Crippen LogP contribution is -2.83. The van der Waals surface area contributed by atoms with Crippen LogP contribution in [0.15, 0.2) is 18.2 Å². The van der Waals surface area contributed by atoms with Gasteiger partial charge in [-0.2, -0.15) is 0 Å². The Balaban J connectivity index is 1.96. The molecule has 0 heterocycles. The first-order chi connectivity index (χ1) is 18.9. The van der Waals surface area contributed by atoms with Crippen LogP contribution in [0.1, 0.15) is 68.9 Å². The van der Waals surface area contributed by atoms with E-state index >= 15 is 0 Å². The molecule has 11 heteroatoms. The lowest BCUT2D eigenvalue weighted by Gasteiger charge is -2.69. The Kier molecular flexibility index (Phi) is 7.88. The van der Waals surface area contributed by atoms with E-state index in [1.54, 1.807) is 39.8 Å². The summed E-state index contributed by atoms with van der Waals surface area (Å²) in [5.41, 5.74) is -0.316. The van der Waals surface area contributed by atoms with Crippen molar-refractivity contribution in [2.24, 2.45) is 40.2 Å². The number of fused-ring (bicyclic) bond motifs is 3. The normalized spacial score (nSPS) is 40.3. The van der Waals surface area contributed by atoms with Crippen molar-refractivity contribution in [2.75, 3.05) is 5.75 Å². The summed E-state index contributed by atoms with van der Waals surface area (Å²) >= 11 is 1.07. The van der Waals surface area contributed by atoms with Crippen LogP contribution in [-0.2, 0) is 14.4 Å². The molecule has 0 radical (unpaired) electrons. The molecule has 4 rings (SSSR count). The summed E-state index contributed by atoms with van der Waals surface area (Å²) in [7, 11) is 0. The van der Waals surface area contributed by atoms with E-state index in [9.17, 15) is 44.7 Å². The SMILES string of the molecule is CCSC(=O)C=Cc1ccc2c(c1O)C(=O)[C@@H]1C(O)[C@@]3(O)C(=O)[C@H](C(N)=O)C(O)[C@H](C(C)C)[C@@]3(C)[C@H](O)[C@@]1(C)[C@@H]2C. The molecular formula is C30H39NO9S. The van der Waals surface area contributed by atoms with E-state index in [0.29, 0.717) is 11.3 Å². The number of aliphatic hydroxyl groups excluding tert-OH is 3. The minimum atomic E-state index is -2.84. The lowest BCUT2D eigenvalue weighted by molar-refractivity contribution is -0.306. The van der Waals surface area contributed by atoms with Crippen molar-refractivity contribution in [1.82, 2.24) is 0 Å². The fourth-order valence-corrected chi connectivity index (χ4v) is 8.71. The number of phenolic OH excluding ortho intramolecular Hbond substituents is 1. The molecular weight excluding hydrogens is 550 g/mol. The zero-order chi connectivity index (χ0) is 31.0. The molecule has 1 aromatic carbocycles. The molecule has 0 saturated heterocycles. The molecule has 0 bridgehead atoms. The highest BCUT2D eigenvalue weighted by Crippen LogP contribution is 2.68. The predicted octanol–water partition coefficient (Wildman–Crippen LogP) is 1.40. The van der Waals surface area contributed by atoms with Gasteiger partial charge < -0.3 is 31.3 Å². The zero-order valence-corrected chi connectivity index (χ0v) is 24.8. The number of carbonyl (C=O) groups is 4. The van der Waals surface area contributed by atoms with Crippen molar-refractivity contribution in [3.8, 4) is 5.75 Å². The fourth-order valence-electron chi connectivity index (χ4n) is 8.26. The number of hydrogen-bond donors (Lipinski definition) is 6. The average molecular weight is 590 g/mol. The van der Waals surface area contributed by atoms with Crippen molar-refractivity contribution < 1.29 is 44.7 Å². The Labute approximate surface area is 243 Å². The molecule has 1 aromatic rings. The minimum absolute atomic E-state index is 0.147. The fraction of sp³-hybridized carbons (Fsp3) is 0.600. The van der Waals surface area contributed by atoms with Crippen LogP contribution in [0.2, 0.25) is 0 Å². The number of carbonyl (C=O) groups excluding carboxylic acids is 4. The van der Waals surface area contributed by atoms with Gasteiger partial charge in [0.15, 0.2) is 17.2 Å². The molecule has 2 saturated carbocycles. The van der Waals surface area contributed by atoms with Gasteiger partial charge in [0.05, 0.1) is 23.7 Å². The first-order valence-corrected chi connectivity index (χ1v) is 14.8. The number of phenols is 1. The highest BCUT2D eigenvalue weighted by molar-refractivity contribution is 8.14. The maximum Gasteiger partial charge on any atom is 0.230 e. The van der Waals surface area contributed by atoms with Crippen LogP contribution in [0.4, 0.5) is 0 Å². The van der Waals surface area contributed by atoms with Gasteiger partial charge in [0.25, 0.3) is 0 Å². The number of benzene rings is 1. The number of ketones is 2. The highest BCUT2D eigenvalue weighted by Gasteiger charge is 2.80. The number of rotatable bonds is 5. The first-order valence-electron chi connectivity index (χ1n) is 13.8. The largest absolute Gasteiger partial charge is 0.507 e. The molecule has 0 aliphatic heterocycles. The number of aromatic hydroxyl groups is 1. The Morgan fingerprint density at radius 3 is 2.29 bits per heavy atom. The maximum absolute atomic E-state index is 14.2. The molecule has 3 aliphatic carbocycles. The summed E-state index contributed by atoms with van der Waals surface area (Å²) in [6, 6.07) is 3.16. The zero-order valence-electron chi connectivity index (χ0n) is 24.0. The van der Waals surface area contributed by atoms with Crippen molar-refractivity contribution in [2.45, 2.75) is 71.4 Å². The lowest BCUT2D eigenvalue weighted by atomic mass is 9.36. The summed E-state index contributed by atoms with van der Waals surface area (Å²) < 4.78 is 0. The number of nitrogens with two attached hydrogens (primary N) is 1. The molecule has 224 valence electrons. The number of Topliss-reactive ketones (excluding diaryl/α,β-unsaturated/α-hetero) is 2. The van der Waals surface area contributed by atoms with Crippen LogP contribution in [0, 0.1) is 34.5 Å². The maximum atomic E-state index is 14.2. The van der Waals surface area contributed by atoms with Crippen LogP contribution in [0.5, 0.6) is 5.75 Å². The standard InChI is InChI=1S/C30H39NO9S/c1-7-41-16(32)11-9-14-8-10-15-13(4)28(5)20(22(34)17(15)21(14)33)25(37)30(40)24(36)18(26(31)38)23(35)19(12(2)3)29(30,6)27(28)39/h8-13,18-20,23,25,27,33,35,37,39-40H,7H2,1-6H3,(H2,31,38)/t13-,18-,19+,20-,23?,25?,27-,28+,29+,30+/m1/s1. The van der Waals surface area contributed by atoms with E-state index in [4.69, 9.17) is 5.73 Å². The van der Waals surface area contributed by atoms with E-state index in [0.717, 1.165) is 11.8 Å². The van der Waals surface area contributed by atoms with Crippen LogP contribution >= 0.6 is 11.8 Å². The highest BCUT2D eigenvalue weighted by atomic mass is 32.2. The Hall–Kier alpha value is -2.57. The molecule has 1 amide bonds. The molecule has 10 atom stereocenters. The monoisotopic (exact) mass is 589 g/mol. The van der Waals surface area contributed by atoms with Gasteiger partial charge in [0.1, 0.15) is 17.8 Å². The molecule has 10 nitrogen and oxygen atoms in total. The summed E-state index contributed by atoms with van der Waals surface area (Å²) in [6.45, 7) is 9.91. The third-order valence-corrected chi connectivity index (χ3v) is 11.0. The summed E-state index contributed by atoms with van der Waals surface area (Å²) in [4.78, 5) is 52.4. The van der Waals surface area contributed by atoms with E-state index in [-0.39, 0.29) is 16.2 Å². The number of amides is 1. The smallest absolute Gasteiger partial charge is 0.230 e. The van der Waals surface area contributed by atoms with Gasteiger partial charge >= 0.3 is 0 Å². The third kappa shape index (κ3) is 3.92. The number of primary amides is 1. The van der Waals surface area contributed by atoms with E-state index in [1.807, 2.05) is 6.92 Å². The van der Waals surface area contributed by atoms with Crippen molar-refractivity contribution in [1.29, 1.82) is 0 Å². The van der Waals surface area contributed by atoms with Gasteiger partial charge in [-0.3, -0.25) is 19.2 Å². The van der Waals surface area contributed by atoms with Crippen molar-refractivity contribution in [3.63, 3.8) is 0 Å². The van der Waals surface area contributed by atoms with E-state index in [2.05, 4.69) is 0 Å². The van der Waals surface area contributed by atoms with Crippen LogP contribution < -0.4 is 5.73 Å². The topological polar surface area (TPSA) is 195 Å². The summed E-state index contributed by atoms with van der Waals surface area (Å²) in [5.74, 6) is -8.86. The van der Waals surface area contributed by atoms with Gasteiger partial charge in [-0.1, -0.05) is 65.4 Å². The average Bonchev–Trinajstić information content (AvgIpc) is 2.88. The Bertz CT molecular complexity index is 1340. The summed E-state index contributed by atoms with van der Waals surface area (Å²) in [5, 5.41) is 58.5. The van der Waals surface area contributed by atoms with Gasteiger partial charge in [0.2, 0.25) is 11.0 Å². The Morgan fingerprint density at radius 2 is 1.76 bits per heavy atom. The van der Waals surface area contributed by atoms with Crippen LogP contribution in [0.25, 0.3) is 6.08 Å². The Morgan fingerprint density at radius 1 is 1.15 bits per heavy atom. The molecule has 3 aliphatic rings. The van der Waals surface area contributed by atoms with Gasteiger partial charge in [-0.25, -0.2) is 0 Å². The molecule has 0 aromatic heterocycles. The van der Waals surface area contributed by atoms with Crippen LogP contribution in [-0.4, -0.2) is 77.8 Å². The second-order valence-electron chi connectivity index (χ2n) is 12.4. The molecule has 41 heavy (non-hydrogen) atoms. The van der Waals surface area contributed by atoms with Crippen molar-refractivity contribution in [3.05, 3.63) is 34.9 Å². The van der Waals surface area contributed by atoms with E-state index < -0.39 is 87.6 Å². The van der Waals surface area contributed by atoms with Crippen LogP contribution in [0.3, 0.4) is 0 Å². The van der Waals surface area contributed by atoms with Gasteiger partial charge in [0, 0.05) is 16.4 Å². The van der Waals surface area contributed by atoms with Crippen molar-refractivity contribution >= 4 is 40.4 Å². The van der Waals surface area contributed by atoms with E-state index in [1.165, 1.54) is 19.1 Å². The first kappa shape index (κ1) is 31.4. The summed E-state index contributed by atoms with van der Waals surface area (Å²) in [6.07, 6.45) is -2.76. The number of thioether (sulfide) groups is 1. The number of hydrogen-bond acceptors (Lipinski definition) is 10. The third-order valence-electron chi connectivity index (χ3n) is 10.3. The number of aliphatic hydroxyl groups is 4. The second kappa shape index (κ2) is 10.3. The molecule has 0 spiro atoms. The molecule has 7 N–H and O–H groups in total. The van der Waals surface area contributed by atoms with Gasteiger partial charge in [-0.15, -0.1) is 0 Å². The quantitative estimate of drug-likeness (QED) is 0.216. The predicted molar refractivity (Wildman–Crippen MR) is 152 cm³/mol.